The Balaban J connectivity index is 0.000000780. The SMILES string of the molecule is C1CSSC1.CCCCC(=O)NCCN(C)CCNC(=O)c1cc(O)c(O)c(O)c1. The van der Waals surface area contributed by atoms with E-state index in [0.29, 0.717) is 32.6 Å². The van der Waals surface area contributed by atoms with E-state index in [1.54, 1.807) is 0 Å². The third kappa shape index (κ3) is 10.8. The summed E-state index contributed by atoms with van der Waals surface area (Å²) in [5, 5.41) is 33.6. The molecule has 8 nitrogen and oxygen atoms in total. The number of phenolic OH excluding ortho intramolecular Hbond substituents is 3. The quantitative estimate of drug-likeness (QED) is 0.267. The number of benzene rings is 1. The molecular formula is C20H33N3O5S2. The van der Waals surface area contributed by atoms with Crippen LogP contribution in [0.4, 0.5) is 0 Å². The smallest absolute Gasteiger partial charge is 0.251 e. The summed E-state index contributed by atoms with van der Waals surface area (Å²) in [6, 6.07) is 2.17. The van der Waals surface area contributed by atoms with Gasteiger partial charge in [-0.2, -0.15) is 0 Å². The molecule has 0 unspecified atom stereocenters. The van der Waals surface area contributed by atoms with Gasteiger partial charge in [-0.1, -0.05) is 34.9 Å². The van der Waals surface area contributed by atoms with Crippen molar-refractivity contribution in [3.63, 3.8) is 0 Å². The summed E-state index contributed by atoms with van der Waals surface area (Å²) in [6.07, 6.45) is 3.84. The van der Waals surface area contributed by atoms with Crippen LogP contribution in [0.15, 0.2) is 12.1 Å². The van der Waals surface area contributed by atoms with Gasteiger partial charge in [0.25, 0.3) is 5.91 Å². The Kier molecular flexibility index (Phi) is 13.2. The predicted octanol–water partition coefficient (Wildman–Crippen LogP) is 2.54. The van der Waals surface area contributed by atoms with Gasteiger partial charge in [0, 0.05) is 49.7 Å². The van der Waals surface area contributed by atoms with E-state index in [1.165, 1.54) is 17.9 Å². The molecule has 1 aromatic carbocycles. The van der Waals surface area contributed by atoms with Crippen LogP contribution in [-0.4, -0.2) is 76.8 Å². The number of hydrogen-bond acceptors (Lipinski definition) is 8. The van der Waals surface area contributed by atoms with E-state index in [0.717, 1.165) is 25.0 Å². The Morgan fingerprint density at radius 2 is 1.60 bits per heavy atom. The zero-order valence-electron chi connectivity index (χ0n) is 17.6. The topological polar surface area (TPSA) is 122 Å². The summed E-state index contributed by atoms with van der Waals surface area (Å²) in [6.45, 7) is 4.19. The van der Waals surface area contributed by atoms with Crippen LogP contribution in [0.1, 0.15) is 43.0 Å². The number of carbonyl (C=O) groups excluding carboxylic acids is 2. The van der Waals surface area contributed by atoms with Crippen LogP contribution in [-0.2, 0) is 4.79 Å². The van der Waals surface area contributed by atoms with Gasteiger partial charge < -0.3 is 30.9 Å². The first-order chi connectivity index (χ1) is 14.3. The van der Waals surface area contributed by atoms with Gasteiger partial charge in [-0.15, -0.1) is 0 Å². The van der Waals surface area contributed by atoms with Gasteiger partial charge in [0.1, 0.15) is 0 Å². The zero-order valence-corrected chi connectivity index (χ0v) is 19.3. The largest absolute Gasteiger partial charge is 0.504 e. The van der Waals surface area contributed by atoms with Gasteiger partial charge in [-0.25, -0.2) is 0 Å². The number of phenols is 3. The average molecular weight is 460 g/mol. The van der Waals surface area contributed by atoms with E-state index >= 15 is 0 Å². The minimum absolute atomic E-state index is 0.0514. The molecule has 10 heteroatoms. The molecule has 1 fully saturated rings. The molecule has 2 amide bonds. The molecule has 0 aliphatic carbocycles. The lowest BCUT2D eigenvalue weighted by molar-refractivity contribution is -0.121. The van der Waals surface area contributed by atoms with Crippen molar-refractivity contribution in [1.82, 2.24) is 15.5 Å². The first-order valence-corrected chi connectivity index (χ1v) is 12.6. The molecule has 1 aliphatic heterocycles. The molecule has 30 heavy (non-hydrogen) atoms. The fourth-order valence-electron chi connectivity index (χ4n) is 2.42. The summed E-state index contributed by atoms with van der Waals surface area (Å²) in [5.74, 6) is 0.580. The van der Waals surface area contributed by atoms with Crippen LogP contribution < -0.4 is 10.6 Å². The Bertz CT molecular complexity index is 641. The second kappa shape index (κ2) is 15.1. The third-order valence-corrected chi connectivity index (χ3v) is 6.80. The molecule has 0 radical (unpaired) electrons. The molecule has 0 spiro atoms. The minimum Gasteiger partial charge on any atom is -0.504 e. The fourth-order valence-corrected chi connectivity index (χ4v) is 4.77. The summed E-state index contributed by atoms with van der Waals surface area (Å²) in [5.41, 5.74) is 0.0543. The second-order valence-corrected chi connectivity index (χ2v) is 9.58. The second-order valence-electron chi connectivity index (χ2n) is 6.87. The van der Waals surface area contributed by atoms with Crippen molar-refractivity contribution < 1.29 is 24.9 Å². The molecule has 1 aromatic rings. The highest BCUT2D eigenvalue weighted by atomic mass is 33.1. The van der Waals surface area contributed by atoms with Crippen LogP contribution >= 0.6 is 21.6 Å². The summed E-state index contributed by atoms with van der Waals surface area (Å²) in [7, 11) is 5.86. The highest BCUT2D eigenvalue weighted by molar-refractivity contribution is 8.77. The van der Waals surface area contributed by atoms with Gasteiger partial charge >= 0.3 is 0 Å². The van der Waals surface area contributed by atoms with Crippen LogP contribution in [0, 0.1) is 0 Å². The van der Waals surface area contributed by atoms with Crippen molar-refractivity contribution in [1.29, 1.82) is 0 Å². The van der Waals surface area contributed by atoms with Gasteiger partial charge in [-0.3, -0.25) is 9.59 Å². The van der Waals surface area contributed by atoms with Crippen LogP contribution in [0.25, 0.3) is 0 Å². The normalized spacial score (nSPS) is 12.9. The molecule has 170 valence electrons. The lowest BCUT2D eigenvalue weighted by atomic mass is 10.1. The molecule has 2 rings (SSSR count). The number of aromatic hydroxyl groups is 3. The van der Waals surface area contributed by atoms with Crippen molar-refractivity contribution in [2.45, 2.75) is 32.6 Å². The Hall–Kier alpha value is -1.78. The number of likely N-dealkylation sites (N-methyl/N-ethyl adjacent to an activating group) is 1. The molecule has 0 aromatic heterocycles. The van der Waals surface area contributed by atoms with Crippen LogP contribution in [0.2, 0.25) is 0 Å². The van der Waals surface area contributed by atoms with Crippen LogP contribution in [0.5, 0.6) is 17.2 Å². The van der Waals surface area contributed by atoms with Gasteiger partial charge in [-0.05, 0) is 32.0 Å². The lowest BCUT2D eigenvalue weighted by Gasteiger charge is -2.17. The van der Waals surface area contributed by atoms with Gasteiger partial charge in [0.15, 0.2) is 17.2 Å². The van der Waals surface area contributed by atoms with Crippen LogP contribution in [0.3, 0.4) is 0 Å². The molecule has 1 aliphatic rings. The number of unbranched alkanes of at least 4 members (excludes halogenated alkanes) is 1. The van der Waals surface area contributed by atoms with Gasteiger partial charge in [0.05, 0.1) is 0 Å². The summed E-state index contributed by atoms with van der Waals surface area (Å²) in [4.78, 5) is 25.4. The number of nitrogens with one attached hydrogen (secondary N) is 2. The predicted molar refractivity (Wildman–Crippen MR) is 123 cm³/mol. The van der Waals surface area contributed by atoms with E-state index < -0.39 is 23.2 Å². The maximum Gasteiger partial charge on any atom is 0.251 e. The number of rotatable bonds is 10. The average Bonchev–Trinajstić information content (AvgIpc) is 3.30. The molecule has 1 saturated heterocycles. The lowest BCUT2D eigenvalue weighted by Crippen LogP contribution is -2.37. The number of hydrogen-bond donors (Lipinski definition) is 5. The number of carbonyl (C=O) groups is 2. The van der Waals surface area contributed by atoms with E-state index in [4.69, 9.17) is 0 Å². The minimum atomic E-state index is -0.655. The first kappa shape index (κ1) is 26.3. The molecule has 5 N–H and O–H groups in total. The molecule has 0 atom stereocenters. The monoisotopic (exact) mass is 459 g/mol. The van der Waals surface area contributed by atoms with E-state index in [2.05, 4.69) is 10.6 Å². The number of amides is 2. The van der Waals surface area contributed by atoms with Crippen molar-refractivity contribution in [2.75, 3.05) is 44.7 Å². The number of nitrogens with zero attached hydrogens (tertiary/aromatic N) is 1. The molecular weight excluding hydrogens is 426 g/mol. The standard InChI is InChI=1S/C17H27N3O5.C3H6S2/c1-3-4-5-15(23)18-6-8-20(2)9-7-19-17(25)12-10-13(21)16(24)14(22)11-12;1-2-4-5-3-1/h10-11,21-22,24H,3-9H2,1-2H3,(H,18,23)(H,19,25);1-3H2. The Morgan fingerprint density at radius 3 is 2.10 bits per heavy atom. The summed E-state index contributed by atoms with van der Waals surface area (Å²) >= 11 is 0. The Labute approximate surface area is 186 Å². The zero-order chi connectivity index (χ0) is 22.4. The first-order valence-electron chi connectivity index (χ1n) is 10.1. The highest BCUT2D eigenvalue weighted by Crippen LogP contribution is 2.35. The van der Waals surface area contributed by atoms with Crippen molar-refractivity contribution in [2.24, 2.45) is 0 Å². The maximum absolute atomic E-state index is 12.0. The summed E-state index contributed by atoms with van der Waals surface area (Å²) < 4.78 is 0. The third-order valence-electron chi connectivity index (χ3n) is 4.22. The van der Waals surface area contributed by atoms with E-state index in [-0.39, 0.29) is 11.5 Å². The molecule has 0 bridgehead atoms. The maximum atomic E-state index is 12.0. The molecule has 0 saturated carbocycles. The van der Waals surface area contributed by atoms with Crippen molar-refractivity contribution in [3.05, 3.63) is 17.7 Å². The van der Waals surface area contributed by atoms with E-state index in [1.807, 2.05) is 40.5 Å². The van der Waals surface area contributed by atoms with Crippen molar-refractivity contribution >= 4 is 33.4 Å². The molecule has 1 heterocycles. The highest BCUT2D eigenvalue weighted by Gasteiger charge is 2.13. The van der Waals surface area contributed by atoms with Gasteiger partial charge in [0.2, 0.25) is 5.91 Å². The van der Waals surface area contributed by atoms with Crippen molar-refractivity contribution in [3.8, 4) is 17.2 Å². The van der Waals surface area contributed by atoms with E-state index in [9.17, 15) is 24.9 Å². The Morgan fingerprint density at radius 1 is 1.03 bits per heavy atom. The fraction of sp³-hybridized carbons (Fsp3) is 0.600.